The number of alkyl halides is 2. The Balaban J connectivity index is 1.55. The van der Waals surface area contributed by atoms with Crippen LogP contribution in [0.2, 0.25) is 0 Å². The van der Waals surface area contributed by atoms with Crippen molar-refractivity contribution in [3.8, 4) is 5.75 Å². The first-order valence-electron chi connectivity index (χ1n) is 8.60. The average Bonchev–Trinajstić information content (AvgIpc) is 3.07. The maximum atomic E-state index is 12.1. The molecule has 1 N–H and O–H groups in total. The first-order chi connectivity index (χ1) is 13.5. The molecule has 2 aromatic carbocycles. The quantitative estimate of drug-likeness (QED) is 0.612. The van der Waals surface area contributed by atoms with Gasteiger partial charge in [0.25, 0.3) is 0 Å². The first kappa shape index (κ1) is 19.3. The molecule has 7 heteroatoms. The summed E-state index contributed by atoms with van der Waals surface area (Å²) < 4.78 is 30.3. The molecule has 0 spiro atoms. The summed E-state index contributed by atoms with van der Waals surface area (Å²) in [6.45, 7) is -0.219. The number of anilines is 1. The smallest absolute Gasteiger partial charge is 0.387 e. The summed E-state index contributed by atoms with van der Waals surface area (Å²) in [5.41, 5.74) is 3.58. The number of carbonyl (C=O) groups is 1. The highest BCUT2D eigenvalue weighted by molar-refractivity contribution is 6.01. The van der Waals surface area contributed by atoms with E-state index < -0.39 is 6.61 Å². The standard InChI is InChI=1S/C21H19F2N3O2/c1-15-3-2-4-17(11-15)13-26-14-18(12-24-26)25-20(27)10-7-16-5-8-19(9-6-16)28-21(22)23/h2-12,14,21H,13H2,1H3,(H,25,27)/b10-7-. The molecule has 1 aromatic heterocycles. The molecule has 0 unspecified atom stereocenters. The van der Waals surface area contributed by atoms with E-state index in [4.69, 9.17) is 0 Å². The van der Waals surface area contributed by atoms with Gasteiger partial charge < -0.3 is 10.1 Å². The van der Waals surface area contributed by atoms with Crippen LogP contribution < -0.4 is 10.1 Å². The van der Waals surface area contributed by atoms with Gasteiger partial charge in [-0.05, 0) is 36.3 Å². The van der Waals surface area contributed by atoms with Gasteiger partial charge in [-0.2, -0.15) is 13.9 Å². The number of benzene rings is 2. The molecule has 3 aromatic rings. The fourth-order valence-corrected chi connectivity index (χ4v) is 2.63. The maximum absolute atomic E-state index is 12.1. The van der Waals surface area contributed by atoms with Gasteiger partial charge in [0.2, 0.25) is 5.91 Å². The molecule has 0 atom stereocenters. The number of aromatic nitrogens is 2. The number of nitrogens with one attached hydrogen (secondary N) is 1. The van der Waals surface area contributed by atoms with Crippen molar-refractivity contribution >= 4 is 17.7 Å². The number of ether oxygens (including phenoxy) is 1. The summed E-state index contributed by atoms with van der Waals surface area (Å²) in [7, 11) is 0. The van der Waals surface area contributed by atoms with Gasteiger partial charge in [0.05, 0.1) is 18.4 Å². The summed E-state index contributed by atoms with van der Waals surface area (Å²) in [5.74, 6) is -0.249. The van der Waals surface area contributed by atoms with Gasteiger partial charge in [0.15, 0.2) is 0 Å². The third-order valence-electron chi connectivity index (χ3n) is 3.86. The Kier molecular flexibility index (Phi) is 6.16. The van der Waals surface area contributed by atoms with Gasteiger partial charge in [0, 0.05) is 12.3 Å². The Bertz CT molecular complexity index is 966. The topological polar surface area (TPSA) is 56.2 Å². The lowest BCUT2D eigenvalue weighted by molar-refractivity contribution is -0.111. The second-order valence-corrected chi connectivity index (χ2v) is 6.19. The number of carbonyl (C=O) groups excluding carboxylic acids is 1. The number of nitrogens with zero attached hydrogens (tertiary/aromatic N) is 2. The molecule has 144 valence electrons. The molecule has 0 fully saturated rings. The van der Waals surface area contributed by atoms with Gasteiger partial charge in [-0.1, -0.05) is 42.0 Å². The third-order valence-corrected chi connectivity index (χ3v) is 3.86. The normalized spacial score (nSPS) is 11.1. The molecular weight excluding hydrogens is 364 g/mol. The molecule has 1 amide bonds. The third kappa shape index (κ3) is 5.77. The van der Waals surface area contributed by atoms with Crippen LogP contribution in [0.3, 0.4) is 0 Å². The monoisotopic (exact) mass is 383 g/mol. The largest absolute Gasteiger partial charge is 0.435 e. The van der Waals surface area contributed by atoms with Crippen molar-refractivity contribution in [2.75, 3.05) is 5.32 Å². The first-order valence-corrected chi connectivity index (χ1v) is 8.60. The Morgan fingerprint density at radius 2 is 2.04 bits per heavy atom. The summed E-state index contributed by atoms with van der Waals surface area (Å²) in [6.07, 6.45) is 6.28. The molecule has 3 rings (SSSR count). The zero-order valence-corrected chi connectivity index (χ0v) is 15.2. The average molecular weight is 383 g/mol. The molecule has 1 heterocycles. The van der Waals surface area contributed by atoms with Crippen LogP contribution in [0.25, 0.3) is 6.08 Å². The number of aryl methyl sites for hydroxylation is 1. The molecule has 0 aliphatic carbocycles. The molecular formula is C21H19F2N3O2. The van der Waals surface area contributed by atoms with E-state index in [2.05, 4.69) is 21.2 Å². The molecule has 5 nitrogen and oxygen atoms in total. The molecule has 0 aliphatic heterocycles. The Hall–Kier alpha value is -3.48. The number of rotatable bonds is 7. The zero-order chi connectivity index (χ0) is 19.9. The molecule has 0 saturated carbocycles. The predicted molar refractivity (Wildman–Crippen MR) is 103 cm³/mol. The number of hydrogen-bond donors (Lipinski definition) is 1. The van der Waals surface area contributed by atoms with Crippen molar-refractivity contribution < 1.29 is 18.3 Å². The van der Waals surface area contributed by atoms with E-state index in [1.54, 1.807) is 35.3 Å². The second kappa shape index (κ2) is 8.94. The lowest BCUT2D eigenvalue weighted by Crippen LogP contribution is -2.07. The van der Waals surface area contributed by atoms with Crippen molar-refractivity contribution in [3.05, 3.63) is 83.7 Å². The number of hydrogen-bond acceptors (Lipinski definition) is 3. The highest BCUT2D eigenvalue weighted by Gasteiger charge is 2.04. The minimum atomic E-state index is -2.86. The van der Waals surface area contributed by atoms with Crippen LogP contribution in [0.5, 0.6) is 5.75 Å². The summed E-state index contributed by atoms with van der Waals surface area (Å²) >= 11 is 0. The van der Waals surface area contributed by atoms with E-state index >= 15 is 0 Å². The zero-order valence-electron chi connectivity index (χ0n) is 15.2. The van der Waals surface area contributed by atoms with E-state index in [0.717, 1.165) is 5.56 Å². The minimum absolute atomic E-state index is 0.0672. The van der Waals surface area contributed by atoms with Crippen LogP contribution in [0.15, 0.2) is 67.0 Å². The lowest BCUT2D eigenvalue weighted by Gasteiger charge is -2.03. The second-order valence-electron chi connectivity index (χ2n) is 6.19. The lowest BCUT2D eigenvalue weighted by atomic mass is 10.1. The molecule has 0 saturated heterocycles. The molecule has 0 radical (unpaired) electrons. The molecule has 28 heavy (non-hydrogen) atoms. The Labute approximate surface area is 161 Å². The van der Waals surface area contributed by atoms with Crippen molar-refractivity contribution in [3.63, 3.8) is 0 Å². The van der Waals surface area contributed by atoms with Crippen LogP contribution in [0.4, 0.5) is 14.5 Å². The van der Waals surface area contributed by atoms with Gasteiger partial charge in [-0.3, -0.25) is 9.48 Å². The van der Waals surface area contributed by atoms with Crippen molar-refractivity contribution in [2.45, 2.75) is 20.1 Å². The van der Waals surface area contributed by atoms with Crippen molar-refractivity contribution in [1.82, 2.24) is 9.78 Å². The van der Waals surface area contributed by atoms with E-state index in [1.807, 2.05) is 25.1 Å². The van der Waals surface area contributed by atoms with Crippen LogP contribution in [-0.4, -0.2) is 22.3 Å². The number of amides is 1. The fourth-order valence-electron chi connectivity index (χ4n) is 2.63. The van der Waals surface area contributed by atoms with Gasteiger partial charge in [-0.15, -0.1) is 0 Å². The van der Waals surface area contributed by atoms with E-state index in [-0.39, 0.29) is 11.7 Å². The van der Waals surface area contributed by atoms with Crippen molar-refractivity contribution in [2.24, 2.45) is 0 Å². The van der Waals surface area contributed by atoms with Crippen LogP contribution in [-0.2, 0) is 11.3 Å². The predicted octanol–water partition coefficient (Wildman–Crippen LogP) is 4.49. The van der Waals surface area contributed by atoms with Crippen LogP contribution in [0.1, 0.15) is 16.7 Å². The van der Waals surface area contributed by atoms with Gasteiger partial charge in [0.1, 0.15) is 5.75 Å². The Morgan fingerprint density at radius 3 is 2.75 bits per heavy atom. The highest BCUT2D eigenvalue weighted by atomic mass is 19.3. The van der Waals surface area contributed by atoms with Crippen LogP contribution in [0, 0.1) is 6.92 Å². The van der Waals surface area contributed by atoms with E-state index in [9.17, 15) is 13.6 Å². The highest BCUT2D eigenvalue weighted by Crippen LogP contribution is 2.16. The molecule has 0 aliphatic rings. The van der Waals surface area contributed by atoms with Gasteiger partial charge in [-0.25, -0.2) is 0 Å². The SMILES string of the molecule is Cc1cccc(Cn2cc(NC(=O)/C=C\c3ccc(OC(F)F)cc3)cn2)c1. The van der Waals surface area contributed by atoms with Gasteiger partial charge >= 0.3 is 6.61 Å². The number of halogens is 2. The van der Waals surface area contributed by atoms with Crippen molar-refractivity contribution in [1.29, 1.82) is 0 Å². The van der Waals surface area contributed by atoms with E-state index in [0.29, 0.717) is 17.8 Å². The minimum Gasteiger partial charge on any atom is -0.435 e. The summed E-state index contributed by atoms with van der Waals surface area (Å²) in [5, 5.41) is 6.98. The van der Waals surface area contributed by atoms with Crippen LogP contribution >= 0.6 is 0 Å². The maximum Gasteiger partial charge on any atom is 0.387 e. The summed E-state index contributed by atoms with van der Waals surface area (Å²) in [6, 6.07) is 14.1. The Morgan fingerprint density at radius 1 is 1.25 bits per heavy atom. The van der Waals surface area contributed by atoms with E-state index in [1.165, 1.54) is 23.8 Å². The molecule has 0 bridgehead atoms. The summed E-state index contributed by atoms with van der Waals surface area (Å²) in [4.78, 5) is 12.1. The fraction of sp³-hybridized carbons (Fsp3) is 0.143.